The van der Waals surface area contributed by atoms with E-state index < -0.39 is 14.3 Å². The van der Waals surface area contributed by atoms with Gasteiger partial charge in [-0.15, -0.1) is 0 Å². The monoisotopic (exact) mass is 408 g/mol. The summed E-state index contributed by atoms with van der Waals surface area (Å²) in [4.78, 5) is 24.3. The first kappa shape index (κ1) is 21.2. The molecule has 0 amide bonds. The number of esters is 1. The van der Waals surface area contributed by atoms with Gasteiger partial charge in [0.2, 0.25) is 0 Å². The van der Waals surface area contributed by atoms with E-state index in [0.717, 1.165) is 0 Å². The Labute approximate surface area is 173 Å². The summed E-state index contributed by atoms with van der Waals surface area (Å²) in [6, 6.07) is 20.7. The first-order valence-corrected chi connectivity index (χ1v) is 11.8. The molecule has 0 fully saturated rings. The summed E-state index contributed by atoms with van der Waals surface area (Å²) in [7, 11) is -1.45. The second kappa shape index (κ2) is 8.47. The number of hydrogen-bond acceptors (Lipinski definition) is 4. The van der Waals surface area contributed by atoms with Crippen LogP contribution in [0.3, 0.4) is 0 Å². The molecule has 0 saturated heterocycles. The molecule has 2 aromatic rings. The molecule has 0 aromatic heterocycles. The lowest BCUT2D eigenvalue weighted by molar-refractivity contribution is -0.138. The van der Waals surface area contributed by atoms with Gasteiger partial charge < -0.3 is 9.16 Å². The van der Waals surface area contributed by atoms with Crippen LogP contribution in [0.4, 0.5) is 0 Å². The predicted molar refractivity (Wildman–Crippen MR) is 117 cm³/mol. The number of carbonyl (C=O) groups excluding carboxylic acids is 2. The van der Waals surface area contributed by atoms with E-state index in [0.29, 0.717) is 6.42 Å². The van der Waals surface area contributed by atoms with Gasteiger partial charge in [0.15, 0.2) is 5.78 Å². The third-order valence-corrected chi connectivity index (χ3v) is 10.5. The Morgan fingerprint density at radius 2 is 1.48 bits per heavy atom. The minimum atomic E-state index is -2.74. The van der Waals surface area contributed by atoms with Gasteiger partial charge in [-0.05, 0) is 27.9 Å². The fourth-order valence-electron chi connectivity index (χ4n) is 4.07. The van der Waals surface area contributed by atoms with E-state index in [2.05, 4.69) is 45.0 Å². The molecule has 4 nitrogen and oxygen atoms in total. The Morgan fingerprint density at radius 3 is 1.93 bits per heavy atom. The summed E-state index contributed by atoms with van der Waals surface area (Å²) in [6.45, 7) is 6.62. The zero-order valence-electron chi connectivity index (χ0n) is 17.5. The highest BCUT2D eigenvalue weighted by atomic mass is 28.4. The zero-order chi connectivity index (χ0) is 21.1. The molecule has 1 unspecified atom stereocenters. The van der Waals surface area contributed by atoms with Crippen molar-refractivity contribution in [3.63, 3.8) is 0 Å². The van der Waals surface area contributed by atoms with Crippen LogP contribution < -0.4 is 10.4 Å². The number of methoxy groups -OCH3 is 1. The molecule has 0 bridgehead atoms. The van der Waals surface area contributed by atoms with Crippen LogP contribution >= 0.6 is 0 Å². The van der Waals surface area contributed by atoms with Gasteiger partial charge in [-0.3, -0.25) is 4.79 Å². The number of benzene rings is 2. The Morgan fingerprint density at radius 1 is 0.966 bits per heavy atom. The van der Waals surface area contributed by atoms with E-state index in [1.807, 2.05) is 36.4 Å². The minimum absolute atomic E-state index is 0.0988. The predicted octanol–water partition coefficient (Wildman–Crippen LogP) is 3.39. The average molecular weight is 409 g/mol. The van der Waals surface area contributed by atoms with Crippen LogP contribution in [0.5, 0.6) is 0 Å². The largest absolute Gasteiger partial charge is 0.465 e. The van der Waals surface area contributed by atoms with E-state index in [4.69, 9.17) is 9.16 Å². The summed E-state index contributed by atoms with van der Waals surface area (Å²) in [5.41, 5.74) is 0.0988. The first-order chi connectivity index (χ1) is 13.8. The molecular weight excluding hydrogens is 380 g/mol. The standard InChI is InChI=1S/C24H28O4Si/c1-24(2,3)29(19-11-7-5-8-12-19,20-13-9-6-10-14-20)28-18-15-16-22(25)21(17-18)23(26)27-4/h5-14,17-18H,15-16H2,1-4H3. The zero-order valence-corrected chi connectivity index (χ0v) is 18.5. The summed E-state index contributed by atoms with van der Waals surface area (Å²) in [5, 5.41) is 2.17. The number of rotatable bonds is 5. The van der Waals surface area contributed by atoms with E-state index in [-0.39, 0.29) is 28.9 Å². The van der Waals surface area contributed by atoms with Gasteiger partial charge in [0.25, 0.3) is 8.32 Å². The van der Waals surface area contributed by atoms with Crippen molar-refractivity contribution >= 4 is 30.4 Å². The molecular formula is C24H28O4Si. The third-order valence-electron chi connectivity index (χ3n) is 5.46. The lowest BCUT2D eigenvalue weighted by Gasteiger charge is -2.45. The number of ether oxygens (including phenoxy) is 1. The number of ketones is 1. The van der Waals surface area contributed by atoms with Gasteiger partial charge in [-0.1, -0.05) is 81.4 Å². The maximum absolute atomic E-state index is 12.2. The molecule has 1 atom stereocenters. The van der Waals surface area contributed by atoms with E-state index in [1.165, 1.54) is 17.5 Å². The minimum Gasteiger partial charge on any atom is -0.465 e. The van der Waals surface area contributed by atoms with Crippen molar-refractivity contribution in [1.82, 2.24) is 0 Å². The van der Waals surface area contributed by atoms with Crippen LogP contribution in [0.2, 0.25) is 5.04 Å². The van der Waals surface area contributed by atoms with E-state index >= 15 is 0 Å². The molecule has 0 N–H and O–H groups in total. The first-order valence-electron chi connectivity index (χ1n) is 9.92. The average Bonchev–Trinajstić information content (AvgIpc) is 2.73. The van der Waals surface area contributed by atoms with Crippen molar-refractivity contribution < 1.29 is 18.8 Å². The molecule has 1 aliphatic carbocycles. The fraction of sp³-hybridized carbons (Fsp3) is 0.333. The number of carbonyl (C=O) groups is 2. The van der Waals surface area contributed by atoms with E-state index in [1.54, 1.807) is 6.08 Å². The SMILES string of the molecule is COC(=O)C1=CC(O[Si](c2ccccc2)(c2ccccc2)C(C)(C)C)CCC1=O. The third kappa shape index (κ3) is 4.11. The van der Waals surface area contributed by atoms with Crippen LogP contribution in [-0.2, 0) is 18.8 Å². The molecule has 0 aliphatic heterocycles. The highest BCUT2D eigenvalue weighted by molar-refractivity contribution is 6.99. The lowest BCUT2D eigenvalue weighted by Crippen LogP contribution is -2.67. The quantitative estimate of drug-likeness (QED) is 0.432. The molecule has 5 heteroatoms. The molecule has 0 heterocycles. The topological polar surface area (TPSA) is 52.6 Å². The van der Waals surface area contributed by atoms with Crippen LogP contribution in [0.25, 0.3) is 0 Å². The Hall–Kier alpha value is -2.50. The molecule has 29 heavy (non-hydrogen) atoms. The Kier molecular flexibility index (Phi) is 6.20. The molecule has 1 aliphatic rings. The van der Waals surface area contributed by atoms with Crippen molar-refractivity contribution in [2.75, 3.05) is 7.11 Å². The lowest BCUT2D eigenvalue weighted by atomic mass is 9.96. The van der Waals surface area contributed by atoms with Gasteiger partial charge in [-0.25, -0.2) is 4.79 Å². The second-order valence-corrected chi connectivity index (χ2v) is 12.6. The van der Waals surface area contributed by atoms with Gasteiger partial charge in [0.1, 0.15) is 5.57 Å². The highest BCUT2D eigenvalue weighted by Crippen LogP contribution is 2.38. The van der Waals surface area contributed by atoms with Crippen LogP contribution in [0.15, 0.2) is 72.3 Å². The van der Waals surface area contributed by atoms with E-state index in [9.17, 15) is 9.59 Å². The smallest absolute Gasteiger partial charge is 0.341 e. The molecule has 2 aromatic carbocycles. The second-order valence-electron chi connectivity index (χ2n) is 8.35. The fourth-order valence-corrected chi connectivity index (χ4v) is 8.73. The van der Waals surface area contributed by atoms with Crippen LogP contribution in [0, 0.1) is 0 Å². The van der Waals surface area contributed by atoms with Crippen molar-refractivity contribution in [2.24, 2.45) is 0 Å². The molecule has 0 spiro atoms. The maximum atomic E-state index is 12.2. The number of Topliss-reactive ketones (excluding diaryl/α,β-unsaturated/α-hetero) is 1. The summed E-state index contributed by atoms with van der Waals surface area (Å²) >= 11 is 0. The van der Waals surface area contributed by atoms with Crippen LogP contribution in [-0.4, -0.2) is 33.3 Å². The molecule has 0 radical (unpaired) electrons. The maximum Gasteiger partial charge on any atom is 0.341 e. The Bertz CT molecular complexity index is 858. The van der Waals surface area contributed by atoms with Gasteiger partial charge in [0, 0.05) is 6.42 Å². The molecule has 152 valence electrons. The summed E-state index contributed by atoms with van der Waals surface area (Å²) in [5.74, 6) is -0.773. The van der Waals surface area contributed by atoms with Gasteiger partial charge >= 0.3 is 5.97 Å². The van der Waals surface area contributed by atoms with Crippen molar-refractivity contribution in [1.29, 1.82) is 0 Å². The van der Waals surface area contributed by atoms with Gasteiger partial charge in [-0.2, -0.15) is 0 Å². The number of hydrogen-bond donors (Lipinski definition) is 0. The molecule has 3 rings (SSSR count). The highest BCUT2D eigenvalue weighted by Gasteiger charge is 2.51. The molecule has 0 saturated carbocycles. The van der Waals surface area contributed by atoms with Crippen LogP contribution in [0.1, 0.15) is 33.6 Å². The summed E-state index contributed by atoms with van der Waals surface area (Å²) in [6.07, 6.45) is 2.18. The van der Waals surface area contributed by atoms with Crippen molar-refractivity contribution in [3.8, 4) is 0 Å². The van der Waals surface area contributed by atoms with Crippen molar-refractivity contribution in [2.45, 2.75) is 44.8 Å². The van der Waals surface area contributed by atoms with Crippen molar-refractivity contribution in [3.05, 3.63) is 72.3 Å². The van der Waals surface area contributed by atoms with Gasteiger partial charge in [0.05, 0.1) is 13.2 Å². The Balaban J connectivity index is 2.15. The summed E-state index contributed by atoms with van der Waals surface area (Å²) < 4.78 is 11.8. The normalized spacial score (nSPS) is 17.6.